The van der Waals surface area contributed by atoms with Crippen molar-refractivity contribution in [3.63, 3.8) is 0 Å². The smallest absolute Gasteiger partial charge is 0.305 e. The molecule has 1 fully saturated rings. The fraction of sp³-hybridized carbons (Fsp3) is 0.333. The lowest BCUT2D eigenvalue weighted by molar-refractivity contribution is -0.140. The van der Waals surface area contributed by atoms with Crippen LogP contribution in [0.5, 0.6) is 0 Å². The maximum absolute atomic E-state index is 12.5. The molecule has 0 unspecified atom stereocenters. The van der Waals surface area contributed by atoms with E-state index in [0.717, 1.165) is 16.7 Å². The zero-order chi connectivity index (χ0) is 18.4. The third-order valence-electron chi connectivity index (χ3n) is 4.77. The van der Waals surface area contributed by atoms with Gasteiger partial charge in [0, 0.05) is 13.2 Å². The van der Waals surface area contributed by atoms with Crippen LogP contribution in [0.1, 0.15) is 24.8 Å². The van der Waals surface area contributed by atoms with Gasteiger partial charge in [-0.15, -0.1) is 0 Å². The average Bonchev–Trinajstić information content (AvgIpc) is 2.63. The Bertz CT molecular complexity index is 749. The summed E-state index contributed by atoms with van der Waals surface area (Å²) in [5.74, 6) is -1.06. The number of rotatable bonds is 6. The van der Waals surface area contributed by atoms with Gasteiger partial charge in [-0.1, -0.05) is 54.6 Å². The number of carboxylic acids is 1. The van der Waals surface area contributed by atoms with Crippen LogP contribution in [0.4, 0.5) is 0 Å². The molecule has 0 radical (unpaired) electrons. The molecule has 5 nitrogen and oxygen atoms in total. The predicted molar refractivity (Wildman–Crippen MR) is 98.8 cm³/mol. The first-order valence-electron chi connectivity index (χ1n) is 8.81. The Morgan fingerprint density at radius 3 is 2.19 bits per heavy atom. The van der Waals surface area contributed by atoms with Crippen molar-refractivity contribution in [3.8, 4) is 11.1 Å². The molecule has 0 saturated carbocycles. The second-order valence-electron chi connectivity index (χ2n) is 6.75. The van der Waals surface area contributed by atoms with E-state index >= 15 is 0 Å². The van der Waals surface area contributed by atoms with Crippen LogP contribution in [0.25, 0.3) is 11.1 Å². The van der Waals surface area contributed by atoms with Gasteiger partial charge in [0.25, 0.3) is 0 Å². The molecule has 136 valence electrons. The van der Waals surface area contributed by atoms with E-state index in [2.05, 4.69) is 5.32 Å². The van der Waals surface area contributed by atoms with E-state index in [1.165, 1.54) is 0 Å². The first-order valence-corrected chi connectivity index (χ1v) is 8.81. The fourth-order valence-corrected chi connectivity index (χ4v) is 3.37. The summed E-state index contributed by atoms with van der Waals surface area (Å²) in [7, 11) is 0. The Kier molecular flexibility index (Phi) is 5.68. The molecule has 1 heterocycles. The zero-order valence-corrected chi connectivity index (χ0v) is 14.6. The van der Waals surface area contributed by atoms with Crippen LogP contribution in [0.15, 0.2) is 54.6 Å². The highest BCUT2D eigenvalue weighted by molar-refractivity contribution is 5.80. The Labute approximate surface area is 153 Å². The first-order chi connectivity index (χ1) is 12.6. The Balaban J connectivity index is 1.64. The monoisotopic (exact) mass is 353 g/mol. The molecule has 1 aliphatic heterocycles. The van der Waals surface area contributed by atoms with Crippen LogP contribution in [0.3, 0.4) is 0 Å². The number of carboxylic acid groups (broad SMARTS) is 1. The molecule has 0 bridgehead atoms. The topological polar surface area (TPSA) is 75.6 Å². The second-order valence-corrected chi connectivity index (χ2v) is 6.75. The maximum atomic E-state index is 12.5. The highest BCUT2D eigenvalue weighted by Crippen LogP contribution is 2.25. The Morgan fingerprint density at radius 2 is 1.58 bits per heavy atom. The molecule has 26 heavy (non-hydrogen) atoms. The van der Waals surface area contributed by atoms with Crippen molar-refractivity contribution in [2.45, 2.75) is 31.2 Å². The maximum Gasteiger partial charge on any atom is 0.305 e. The SMILES string of the molecule is O=C(O)CC1(NC(=O)Cc2ccc(-c3ccccc3)cc2)CCOCC1. The molecule has 3 rings (SSSR count). The molecule has 0 aromatic heterocycles. The van der Waals surface area contributed by atoms with Crippen molar-refractivity contribution in [1.29, 1.82) is 0 Å². The van der Waals surface area contributed by atoms with Crippen molar-refractivity contribution in [2.75, 3.05) is 13.2 Å². The number of carbonyl (C=O) groups is 2. The van der Waals surface area contributed by atoms with Crippen LogP contribution in [0, 0.1) is 0 Å². The van der Waals surface area contributed by atoms with Gasteiger partial charge in [0.15, 0.2) is 0 Å². The molecule has 1 saturated heterocycles. The van der Waals surface area contributed by atoms with E-state index in [1.54, 1.807) is 0 Å². The third kappa shape index (κ3) is 4.70. The van der Waals surface area contributed by atoms with Crippen molar-refractivity contribution < 1.29 is 19.4 Å². The number of ether oxygens (including phenoxy) is 1. The standard InChI is InChI=1S/C21H23NO4/c23-19(22-21(15-20(24)25)10-12-26-13-11-21)14-16-6-8-18(9-7-16)17-4-2-1-3-5-17/h1-9H,10-15H2,(H,22,23)(H,24,25). The summed E-state index contributed by atoms with van der Waals surface area (Å²) in [6, 6.07) is 17.9. The van der Waals surface area contributed by atoms with Crippen LogP contribution < -0.4 is 5.32 Å². The van der Waals surface area contributed by atoms with E-state index in [9.17, 15) is 14.7 Å². The van der Waals surface area contributed by atoms with E-state index in [0.29, 0.717) is 26.1 Å². The third-order valence-corrected chi connectivity index (χ3v) is 4.77. The lowest BCUT2D eigenvalue weighted by Gasteiger charge is -2.36. The Morgan fingerprint density at radius 1 is 0.962 bits per heavy atom. The highest BCUT2D eigenvalue weighted by Gasteiger charge is 2.36. The minimum absolute atomic E-state index is 0.0744. The lowest BCUT2D eigenvalue weighted by Crippen LogP contribution is -2.53. The molecular weight excluding hydrogens is 330 g/mol. The molecule has 1 aliphatic rings. The average molecular weight is 353 g/mol. The summed E-state index contributed by atoms with van der Waals surface area (Å²) in [6.07, 6.45) is 1.21. The molecular formula is C21H23NO4. The summed E-state index contributed by atoms with van der Waals surface area (Å²) in [5.41, 5.74) is 2.43. The van der Waals surface area contributed by atoms with E-state index in [1.807, 2.05) is 54.6 Å². The van der Waals surface area contributed by atoms with Crippen LogP contribution in [0.2, 0.25) is 0 Å². The van der Waals surface area contributed by atoms with Crippen molar-refractivity contribution in [2.24, 2.45) is 0 Å². The van der Waals surface area contributed by atoms with Crippen LogP contribution in [-0.4, -0.2) is 35.7 Å². The molecule has 0 atom stereocenters. The molecule has 5 heteroatoms. The number of hydrogen-bond acceptors (Lipinski definition) is 3. The number of carbonyl (C=O) groups excluding carboxylic acids is 1. The molecule has 2 aromatic carbocycles. The van der Waals surface area contributed by atoms with E-state index in [4.69, 9.17) is 4.74 Å². The molecule has 1 amide bonds. The van der Waals surface area contributed by atoms with Crippen LogP contribution in [-0.2, 0) is 20.7 Å². The summed E-state index contributed by atoms with van der Waals surface area (Å²) in [6.45, 7) is 0.943. The largest absolute Gasteiger partial charge is 0.481 e. The molecule has 0 spiro atoms. The van der Waals surface area contributed by atoms with Gasteiger partial charge in [-0.3, -0.25) is 9.59 Å². The number of amides is 1. The predicted octanol–water partition coefficient (Wildman–Crippen LogP) is 3.04. The fourth-order valence-electron chi connectivity index (χ4n) is 3.37. The quantitative estimate of drug-likeness (QED) is 0.837. The summed E-state index contributed by atoms with van der Waals surface area (Å²) >= 11 is 0. The summed E-state index contributed by atoms with van der Waals surface area (Å²) < 4.78 is 5.32. The van der Waals surface area contributed by atoms with Crippen molar-refractivity contribution in [1.82, 2.24) is 5.32 Å². The van der Waals surface area contributed by atoms with Gasteiger partial charge in [0.1, 0.15) is 0 Å². The minimum Gasteiger partial charge on any atom is -0.481 e. The van der Waals surface area contributed by atoms with Crippen molar-refractivity contribution >= 4 is 11.9 Å². The lowest BCUT2D eigenvalue weighted by atomic mass is 9.86. The highest BCUT2D eigenvalue weighted by atomic mass is 16.5. The summed E-state index contributed by atoms with van der Waals surface area (Å²) in [4.78, 5) is 23.7. The van der Waals surface area contributed by atoms with Gasteiger partial charge in [-0.05, 0) is 29.5 Å². The second kappa shape index (κ2) is 8.15. The van der Waals surface area contributed by atoms with Gasteiger partial charge < -0.3 is 15.2 Å². The molecule has 2 N–H and O–H groups in total. The van der Waals surface area contributed by atoms with Crippen molar-refractivity contribution in [3.05, 3.63) is 60.2 Å². The van der Waals surface area contributed by atoms with E-state index < -0.39 is 11.5 Å². The van der Waals surface area contributed by atoms with Gasteiger partial charge in [0.2, 0.25) is 5.91 Å². The van der Waals surface area contributed by atoms with Gasteiger partial charge in [0.05, 0.1) is 18.4 Å². The number of nitrogens with one attached hydrogen (secondary N) is 1. The minimum atomic E-state index is -0.903. The molecule has 0 aliphatic carbocycles. The first kappa shape index (κ1) is 18.1. The molecule has 2 aromatic rings. The summed E-state index contributed by atoms with van der Waals surface area (Å²) in [5, 5.41) is 12.1. The zero-order valence-electron chi connectivity index (χ0n) is 14.6. The van der Waals surface area contributed by atoms with Gasteiger partial charge in [-0.2, -0.15) is 0 Å². The normalized spacial score (nSPS) is 16.0. The number of aliphatic carboxylic acids is 1. The van der Waals surface area contributed by atoms with E-state index in [-0.39, 0.29) is 18.7 Å². The number of hydrogen-bond donors (Lipinski definition) is 2. The number of benzene rings is 2. The Hall–Kier alpha value is -2.66. The van der Waals surface area contributed by atoms with Gasteiger partial charge >= 0.3 is 5.97 Å². The van der Waals surface area contributed by atoms with Gasteiger partial charge in [-0.25, -0.2) is 0 Å². The van der Waals surface area contributed by atoms with Crippen LogP contribution >= 0.6 is 0 Å².